The van der Waals surface area contributed by atoms with Crippen LogP contribution in [0.2, 0.25) is 0 Å². The van der Waals surface area contributed by atoms with Gasteiger partial charge >= 0.3 is 0 Å². The molecule has 5 heteroatoms. The highest BCUT2D eigenvalue weighted by Gasteiger charge is 2.21. The summed E-state index contributed by atoms with van der Waals surface area (Å²) in [5.74, 6) is 0.829. The SMILES string of the molecule is Cc1cc(C(=O)NC2CCNC(C)C2)cc(C)c1OCc1cccnc1. The van der Waals surface area contributed by atoms with Crippen molar-refractivity contribution in [3.05, 3.63) is 58.9 Å². The summed E-state index contributed by atoms with van der Waals surface area (Å²) in [6.45, 7) is 7.53. The molecule has 1 aliphatic rings. The van der Waals surface area contributed by atoms with E-state index in [1.807, 2.05) is 38.1 Å². The molecule has 5 nitrogen and oxygen atoms in total. The molecule has 3 rings (SSSR count). The van der Waals surface area contributed by atoms with E-state index in [2.05, 4.69) is 22.5 Å². The van der Waals surface area contributed by atoms with Gasteiger partial charge in [-0.1, -0.05) is 6.07 Å². The first-order valence-corrected chi connectivity index (χ1v) is 9.20. The highest BCUT2D eigenvalue weighted by atomic mass is 16.5. The zero-order valence-corrected chi connectivity index (χ0v) is 15.7. The second kappa shape index (κ2) is 8.32. The quantitative estimate of drug-likeness (QED) is 0.867. The molecule has 0 saturated carbocycles. The zero-order chi connectivity index (χ0) is 18.5. The molecule has 1 aromatic heterocycles. The molecule has 1 saturated heterocycles. The number of amides is 1. The van der Waals surface area contributed by atoms with Gasteiger partial charge in [0.1, 0.15) is 12.4 Å². The molecule has 0 radical (unpaired) electrons. The molecule has 0 spiro atoms. The predicted octanol–water partition coefficient (Wildman–Crippen LogP) is 3.15. The predicted molar refractivity (Wildman–Crippen MR) is 102 cm³/mol. The number of hydrogen-bond acceptors (Lipinski definition) is 4. The van der Waals surface area contributed by atoms with Crippen LogP contribution in [0.4, 0.5) is 0 Å². The summed E-state index contributed by atoms with van der Waals surface area (Å²) in [4.78, 5) is 16.7. The first-order chi connectivity index (χ1) is 12.5. The molecule has 2 unspecified atom stereocenters. The van der Waals surface area contributed by atoms with Crippen molar-refractivity contribution in [1.82, 2.24) is 15.6 Å². The van der Waals surface area contributed by atoms with Crippen molar-refractivity contribution in [2.45, 2.75) is 52.3 Å². The maximum absolute atomic E-state index is 12.6. The first kappa shape index (κ1) is 18.4. The number of aromatic nitrogens is 1. The zero-order valence-electron chi connectivity index (χ0n) is 15.7. The summed E-state index contributed by atoms with van der Waals surface area (Å²) in [5.41, 5.74) is 3.66. The number of ether oxygens (including phenoxy) is 1. The molecule has 1 aromatic carbocycles. The highest BCUT2D eigenvalue weighted by Crippen LogP contribution is 2.26. The van der Waals surface area contributed by atoms with Crippen LogP contribution in [-0.2, 0) is 6.61 Å². The number of hydrogen-bond donors (Lipinski definition) is 2. The second-order valence-corrected chi connectivity index (χ2v) is 7.14. The van der Waals surface area contributed by atoms with Gasteiger partial charge in [-0.25, -0.2) is 0 Å². The van der Waals surface area contributed by atoms with Crippen LogP contribution in [0, 0.1) is 13.8 Å². The Bertz CT molecular complexity index is 738. The largest absolute Gasteiger partial charge is 0.488 e. The summed E-state index contributed by atoms with van der Waals surface area (Å²) in [7, 11) is 0. The van der Waals surface area contributed by atoms with Crippen molar-refractivity contribution in [3.63, 3.8) is 0 Å². The van der Waals surface area contributed by atoms with Gasteiger partial charge in [0.25, 0.3) is 5.91 Å². The number of nitrogens with one attached hydrogen (secondary N) is 2. The monoisotopic (exact) mass is 353 g/mol. The van der Waals surface area contributed by atoms with E-state index in [0.717, 1.165) is 41.8 Å². The number of piperidine rings is 1. The van der Waals surface area contributed by atoms with Gasteiger partial charge in [0.2, 0.25) is 0 Å². The summed E-state index contributed by atoms with van der Waals surface area (Å²) in [5, 5.41) is 6.58. The molecule has 1 fully saturated rings. The van der Waals surface area contributed by atoms with Gasteiger partial charge in [0.15, 0.2) is 0 Å². The average molecular weight is 353 g/mol. The maximum atomic E-state index is 12.6. The van der Waals surface area contributed by atoms with E-state index in [9.17, 15) is 4.79 Å². The fraction of sp³-hybridized carbons (Fsp3) is 0.429. The molecule has 1 aliphatic heterocycles. The fourth-order valence-corrected chi connectivity index (χ4v) is 3.48. The summed E-state index contributed by atoms with van der Waals surface area (Å²) >= 11 is 0. The molecule has 138 valence electrons. The van der Waals surface area contributed by atoms with Crippen molar-refractivity contribution in [2.24, 2.45) is 0 Å². The van der Waals surface area contributed by atoms with Crippen LogP contribution in [0.3, 0.4) is 0 Å². The van der Waals surface area contributed by atoms with Crippen LogP contribution >= 0.6 is 0 Å². The van der Waals surface area contributed by atoms with Crippen molar-refractivity contribution in [2.75, 3.05) is 6.54 Å². The minimum Gasteiger partial charge on any atom is -0.488 e. The van der Waals surface area contributed by atoms with Gasteiger partial charge in [-0.15, -0.1) is 0 Å². The molecular weight excluding hydrogens is 326 g/mol. The molecule has 1 amide bonds. The summed E-state index contributed by atoms with van der Waals surface area (Å²) < 4.78 is 5.97. The van der Waals surface area contributed by atoms with Crippen molar-refractivity contribution >= 4 is 5.91 Å². The van der Waals surface area contributed by atoms with Crippen molar-refractivity contribution in [3.8, 4) is 5.75 Å². The Kier molecular flexibility index (Phi) is 5.89. The second-order valence-electron chi connectivity index (χ2n) is 7.14. The van der Waals surface area contributed by atoms with Gasteiger partial charge in [0, 0.05) is 35.6 Å². The molecule has 2 N–H and O–H groups in total. The average Bonchev–Trinajstić information content (AvgIpc) is 2.61. The third-order valence-electron chi connectivity index (χ3n) is 4.79. The van der Waals surface area contributed by atoms with Crippen LogP contribution in [0.15, 0.2) is 36.7 Å². The number of nitrogens with zero attached hydrogens (tertiary/aromatic N) is 1. The minimum absolute atomic E-state index is 0.00545. The molecule has 2 atom stereocenters. The number of carbonyl (C=O) groups is 1. The van der Waals surface area contributed by atoms with E-state index in [-0.39, 0.29) is 11.9 Å². The lowest BCUT2D eigenvalue weighted by atomic mass is 9.99. The molecule has 0 bridgehead atoms. The first-order valence-electron chi connectivity index (χ1n) is 9.20. The van der Waals surface area contributed by atoms with Gasteiger partial charge < -0.3 is 15.4 Å². The van der Waals surface area contributed by atoms with Crippen LogP contribution in [0.25, 0.3) is 0 Å². The smallest absolute Gasteiger partial charge is 0.251 e. The summed E-state index contributed by atoms with van der Waals surface area (Å²) in [6, 6.07) is 8.38. The van der Waals surface area contributed by atoms with Crippen molar-refractivity contribution < 1.29 is 9.53 Å². The Hall–Kier alpha value is -2.40. The van der Waals surface area contributed by atoms with E-state index in [0.29, 0.717) is 18.2 Å². The topological polar surface area (TPSA) is 63.2 Å². The van der Waals surface area contributed by atoms with E-state index in [1.165, 1.54) is 0 Å². The highest BCUT2D eigenvalue weighted by molar-refractivity contribution is 5.95. The molecule has 2 heterocycles. The molecular formula is C21H27N3O2. The number of aryl methyl sites for hydroxylation is 2. The summed E-state index contributed by atoms with van der Waals surface area (Å²) in [6.07, 6.45) is 5.49. The van der Waals surface area contributed by atoms with Crippen LogP contribution in [-0.4, -0.2) is 29.5 Å². The van der Waals surface area contributed by atoms with Gasteiger partial charge in [-0.05, 0) is 69.5 Å². The number of carbonyl (C=O) groups excluding carboxylic acids is 1. The Morgan fingerprint density at radius 3 is 2.77 bits per heavy atom. The lowest BCUT2D eigenvalue weighted by Gasteiger charge is -2.28. The van der Waals surface area contributed by atoms with E-state index in [4.69, 9.17) is 4.74 Å². The maximum Gasteiger partial charge on any atom is 0.251 e. The minimum atomic E-state index is -0.00545. The number of benzene rings is 1. The Labute approximate surface area is 155 Å². The Morgan fingerprint density at radius 1 is 1.35 bits per heavy atom. The fourth-order valence-electron chi connectivity index (χ4n) is 3.48. The van der Waals surface area contributed by atoms with E-state index < -0.39 is 0 Å². The molecule has 2 aromatic rings. The molecule has 26 heavy (non-hydrogen) atoms. The third kappa shape index (κ3) is 4.61. The van der Waals surface area contributed by atoms with E-state index in [1.54, 1.807) is 12.4 Å². The van der Waals surface area contributed by atoms with Gasteiger partial charge in [-0.3, -0.25) is 9.78 Å². The van der Waals surface area contributed by atoms with Gasteiger partial charge in [-0.2, -0.15) is 0 Å². The van der Waals surface area contributed by atoms with E-state index >= 15 is 0 Å². The van der Waals surface area contributed by atoms with Crippen molar-refractivity contribution in [1.29, 1.82) is 0 Å². The lowest BCUT2D eigenvalue weighted by Crippen LogP contribution is -2.46. The molecule has 0 aliphatic carbocycles. The van der Waals surface area contributed by atoms with Crippen LogP contribution in [0.1, 0.15) is 46.8 Å². The lowest BCUT2D eigenvalue weighted by molar-refractivity contribution is 0.0925. The Morgan fingerprint density at radius 2 is 2.12 bits per heavy atom. The Balaban J connectivity index is 1.67. The standard InChI is InChI=1S/C21H27N3O2/c1-14-9-18(21(25)24-19-6-8-23-16(3)11-19)10-15(2)20(14)26-13-17-5-4-7-22-12-17/h4-5,7,9-10,12,16,19,23H,6,8,11,13H2,1-3H3,(H,24,25). The van der Waals surface area contributed by atoms with Crippen LogP contribution in [0.5, 0.6) is 5.75 Å². The normalized spacial score (nSPS) is 19.8. The van der Waals surface area contributed by atoms with Crippen LogP contribution < -0.4 is 15.4 Å². The van der Waals surface area contributed by atoms with Gasteiger partial charge in [0.05, 0.1) is 0 Å². The number of pyridine rings is 1. The third-order valence-corrected chi connectivity index (χ3v) is 4.79. The number of rotatable bonds is 5.